The first-order valence-electron chi connectivity index (χ1n) is 4.84. The summed E-state index contributed by atoms with van der Waals surface area (Å²) in [5, 5.41) is 0.482. The molecule has 0 radical (unpaired) electrons. The Morgan fingerprint density at radius 2 is 1.81 bits per heavy atom. The van der Waals surface area contributed by atoms with Crippen molar-refractivity contribution >= 4 is 11.6 Å². The Balaban J connectivity index is 2.07. The summed E-state index contributed by atoms with van der Waals surface area (Å²) in [6, 6.07) is 9.53. The highest BCUT2D eigenvalue weighted by molar-refractivity contribution is 6.29. The Morgan fingerprint density at radius 1 is 1.00 bits per heavy atom. The van der Waals surface area contributed by atoms with Crippen molar-refractivity contribution in [2.24, 2.45) is 0 Å². The van der Waals surface area contributed by atoms with E-state index in [9.17, 15) is 0 Å². The molecule has 0 saturated heterocycles. The van der Waals surface area contributed by atoms with Crippen molar-refractivity contribution in [3.63, 3.8) is 0 Å². The highest BCUT2D eigenvalue weighted by Crippen LogP contribution is 2.35. The molecule has 0 fully saturated rings. The SMILES string of the molecule is Clc1cc(-c2ccc3c(c2)OCO3)ccn1. The van der Waals surface area contributed by atoms with Crippen LogP contribution in [0.15, 0.2) is 36.5 Å². The lowest BCUT2D eigenvalue weighted by Gasteiger charge is -2.03. The molecule has 3 nitrogen and oxygen atoms in total. The van der Waals surface area contributed by atoms with E-state index in [-0.39, 0.29) is 6.79 Å². The van der Waals surface area contributed by atoms with Gasteiger partial charge in [0.2, 0.25) is 6.79 Å². The molecule has 0 unspecified atom stereocenters. The highest BCUT2D eigenvalue weighted by atomic mass is 35.5. The van der Waals surface area contributed by atoms with Crippen LogP contribution in [-0.2, 0) is 0 Å². The minimum Gasteiger partial charge on any atom is -0.454 e. The number of aromatic nitrogens is 1. The minimum atomic E-state index is 0.288. The van der Waals surface area contributed by atoms with Crippen LogP contribution in [0.2, 0.25) is 5.15 Å². The molecule has 0 bridgehead atoms. The van der Waals surface area contributed by atoms with Crippen molar-refractivity contribution in [2.75, 3.05) is 6.79 Å². The lowest BCUT2D eigenvalue weighted by molar-refractivity contribution is 0.174. The van der Waals surface area contributed by atoms with Crippen molar-refractivity contribution in [3.8, 4) is 22.6 Å². The molecule has 0 N–H and O–H groups in total. The number of halogens is 1. The Morgan fingerprint density at radius 3 is 2.69 bits per heavy atom. The van der Waals surface area contributed by atoms with Crippen molar-refractivity contribution in [1.29, 1.82) is 0 Å². The van der Waals surface area contributed by atoms with Crippen LogP contribution in [0, 0.1) is 0 Å². The molecule has 1 aromatic heterocycles. The van der Waals surface area contributed by atoms with Crippen LogP contribution in [0.5, 0.6) is 11.5 Å². The summed E-state index contributed by atoms with van der Waals surface area (Å²) in [6.45, 7) is 0.288. The summed E-state index contributed by atoms with van der Waals surface area (Å²) in [6.07, 6.45) is 1.68. The fraction of sp³-hybridized carbons (Fsp3) is 0.0833. The average molecular weight is 234 g/mol. The first kappa shape index (κ1) is 9.48. The minimum absolute atomic E-state index is 0.288. The van der Waals surface area contributed by atoms with E-state index < -0.39 is 0 Å². The second kappa shape index (κ2) is 3.68. The monoisotopic (exact) mass is 233 g/mol. The summed E-state index contributed by atoms with van der Waals surface area (Å²) in [5.41, 5.74) is 2.05. The van der Waals surface area contributed by atoms with Crippen LogP contribution in [0.1, 0.15) is 0 Å². The van der Waals surface area contributed by atoms with Gasteiger partial charge in [-0.15, -0.1) is 0 Å². The van der Waals surface area contributed by atoms with E-state index in [2.05, 4.69) is 4.98 Å². The Kier molecular flexibility index (Phi) is 2.18. The maximum absolute atomic E-state index is 5.84. The fourth-order valence-electron chi connectivity index (χ4n) is 1.66. The molecule has 0 amide bonds. The molecule has 1 aromatic carbocycles. The normalized spacial score (nSPS) is 12.8. The van der Waals surface area contributed by atoms with Gasteiger partial charge in [0.25, 0.3) is 0 Å². The van der Waals surface area contributed by atoms with Crippen LogP contribution in [0.4, 0.5) is 0 Å². The van der Waals surface area contributed by atoms with Crippen LogP contribution in [-0.4, -0.2) is 11.8 Å². The molecule has 0 spiro atoms. The smallest absolute Gasteiger partial charge is 0.231 e. The van der Waals surface area contributed by atoms with Gasteiger partial charge in [-0.3, -0.25) is 0 Å². The largest absolute Gasteiger partial charge is 0.454 e. The number of nitrogens with zero attached hydrogens (tertiary/aromatic N) is 1. The topological polar surface area (TPSA) is 31.4 Å². The van der Waals surface area contributed by atoms with Crippen LogP contribution >= 0.6 is 11.6 Å². The first-order chi connectivity index (χ1) is 7.83. The Hall–Kier alpha value is -1.74. The van der Waals surface area contributed by atoms with Crippen LogP contribution < -0.4 is 9.47 Å². The molecule has 2 aromatic rings. The molecule has 4 heteroatoms. The van der Waals surface area contributed by atoms with Crippen molar-refractivity contribution < 1.29 is 9.47 Å². The van der Waals surface area contributed by atoms with Crippen LogP contribution in [0.3, 0.4) is 0 Å². The fourth-order valence-corrected chi connectivity index (χ4v) is 1.83. The van der Waals surface area contributed by atoms with Gasteiger partial charge in [0.1, 0.15) is 5.15 Å². The van der Waals surface area contributed by atoms with Crippen molar-refractivity contribution in [3.05, 3.63) is 41.7 Å². The lowest BCUT2D eigenvalue weighted by atomic mass is 10.1. The maximum Gasteiger partial charge on any atom is 0.231 e. The van der Waals surface area contributed by atoms with Gasteiger partial charge < -0.3 is 9.47 Å². The van der Waals surface area contributed by atoms with Crippen molar-refractivity contribution in [2.45, 2.75) is 0 Å². The number of benzene rings is 1. The Labute approximate surface area is 97.6 Å². The second-order valence-electron chi connectivity index (χ2n) is 3.44. The third-order valence-corrected chi connectivity index (χ3v) is 2.64. The van der Waals surface area contributed by atoms with E-state index in [0.717, 1.165) is 22.6 Å². The Bertz CT molecular complexity index is 542. The van der Waals surface area contributed by atoms with Gasteiger partial charge in [0.15, 0.2) is 11.5 Å². The zero-order valence-corrected chi connectivity index (χ0v) is 9.07. The lowest BCUT2D eigenvalue weighted by Crippen LogP contribution is -1.92. The number of hydrogen-bond donors (Lipinski definition) is 0. The van der Waals surface area contributed by atoms with Crippen LogP contribution in [0.25, 0.3) is 11.1 Å². The molecule has 2 heterocycles. The quantitative estimate of drug-likeness (QED) is 0.709. The zero-order valence-electron chi connectivity index (χ0n) is 8.31. The highest BCUT2D eigenvalue weighted by Gasteiger charge is 2.13. The summed E-state index contributed by atoms with van der Waals surface area (Å²) in [5.74, 6) is 1.55. The van der Waals surface area contributed by atoms with Gasteiger partial charge >= 0.3 is 0 Å². The van der Waals surface area contributed by atoms with E-state index in [1.54, 1.807) is 6.20 Å². The van der Waals surface area contributed by atoms with Gasteiger partial charge in [-0.05, 0) is 35.4 Å². The van der Waals surface area contributed by atoms with E-state index in [4.69, 9.17) is 21.1 Å². The molecule has 16 heavy (non-hydrogen) atoms. The van der Waals surface area contributed by atoms with Crippen molar-refractivity contribution in [1.82, 2.24) is 4.98 Å². The molecular weight excluding hydrogens is 226 g/mol. The second-order valence-corrected chi connectivity index (χ2v) is 3.82. The molecule has 1 aliphatic rings. The van der Waals surface area contributed by atoms with E-state index in [1.165, 1.54) is 0 Å². The molecule has 1 aliphatic heterocycles. The number of pyridine rings is 1. The third kappa shape index (κ3) is 1.59. The summed E-state index contributed by atoms with van der Waals surface area (Å²) in [7, 11) is 0. The average Bonchev–Trinajstić information content (AvgIpc) is 2.75. The standard InChI is InChI=1S/C12H8ClNO2/c13-12-6-9(3-4-14-12)8-1-2-10-11(5-8)16-7-15-10/h1-6H,7H2. The van der Waals surface area contributed by atoms with E-state index in [0.29, 0.717) is 5.15 Å². The number of fused-ring (bicyclic) bond motifs is 1. The van der Waals surface area contributed by atoms with Gasteiger partial charge in [-0.25, -0.2) is 4.98 Å². The molecule has 0 atom stereocenters. The van der Waals surface area contributed by atoms with Gasteiger partial charge in [-0.2, -0.15) is 0 Å². The molecule has 3 rings (SSSR count). The molecule has 0 aliphatic carbocycles. The van der Waals surface area contributed by atoms with Gasteiger partial charge in [0, 0.05) is 6.20 Å². The van der Waals surface area contributed by atoms with Gasteiger partial charge in [-0.1, -0.05) is 17.7 Å². The number of ether oxygens (including phenoxy) is 2. The maximum atomic E-state index is 5.84. The molecule has 80 valence electrons. The zero-order chi connectivity index (χ0) is 11.0. The predicted octanol–water partition coefficient (Wildman–Crippen LogP) is 3.13. The third-order valence-electron chi connectivity index (χ3n) is 2.43. The van der Waals surface area contributed by atoms with Gasteiger partial charge in [0.05, 0.1) is 0 Å². The predicted molar refractivity (Wildman–Crippen MR) is 60.8 cm³/mol. The number of rotatable bonds is 1. The summed E-state index contributed by atoms with van der Waals surface area (Å²) >= 11 is 5.84. The molecular formula is C12H8ClNO2. The van der Waals surface area contributed by atoms with E-state index in [1.807, 2.05) is 30.3 Å². The molecule has 0 saturated carbocycles. The van der Waals surface area contributed by atoms with E-state index >= 15 is 0 Å². The first-order valence-corrected chi connectivity index (χ1v) is 5.22. The summed E-state index contributed by atoms with van der Waals surface area (Å²) in [4.78, 5) is 3.95. The number of hydrogen-bond acceptors (Lipinski definition) is 3. The summed E-state index contributed by atoms with van der Waals surface area (Å²) < 4.78 is 10.6.